The maximum Gasteiger partial charge on any atom is 0.352 e. The summed E-state index contributed by atoms with van der Waals surface area (Å²) in [4.78, 5) is 12.4. The van der Waals surface area contributed by atoms with Gasteiger partial charge in [-0.3, -0.25) is 5.01 Å². The Morgan fingerprint density at radius 1 is 1.35 bits per heavy atom. The first kappa shape index (κ1) is 16.4. The minimum atomic E-state index is -1.04. The van der Waals surface area contributed by atoms with E-state index < -0.39 is 5.97 Å². The average Bonchev–Trinajstić information content (AvgIpc) is 3.02. The van der Waals surface area contributed by atoms with Crippen molar-refractivity contribution in [3.05, 3.63) is 45.3 Å². The molecule has 2 heterocycles. The Morgan fingerprint density at radius 2 is 2.09 bits per heavy atom. The highest BCUT2D eigenvalue weighted by molar-refractivity contribution is 7.20. The van der Waals surface area contributed by atoms with Crippen LogP contribution in [0.25, 0.3) is 0 Å². The standard InChI is InChI=1S/C15H11BCl2N2O2S/c1-7-13(15(21)22)19-20(10-3-2-8(17)6-9(10)18)14(7)11-4-5-12(16)23-11/h2-7,14H,1H3,(H,21,22)/t7-,14+/m0/s1. The van der Waals surface area contributed by atoms with Gasteiger partial charge in [-0.25, -0.2) is 4.79 Å². The number of hydrogen-bond acceptors (Lipinski definition) is 4. The molecule has 0 unspecified atom stereocenters. The summed E-state index contributed by atoms with van der Waals surface area (Å²) < 4.78 is 0.665. The molecule has 0 spiro atoms. The first-order valence-corrected chi connectivity index (χ1v) is 8.37. The van der Waals surface area contributed by atoms with Crippen LogP contribution >= 0.6 is 34.5 Å². The van der Waals surface area contributed by atoms with Crippen LogP contribution in [0.4, 0.5) is 5.69 Å². The van der Waals surface area contributed by atoms with Crippen LogP contribution in [0, 0.1) is 5.92 Å². The molecule has 1 aliphatic heterocycles. The summed E-state index contributed by atoms with van der Waals surface area (Å²) in [5.74, 6) is -1.35. The van der Waals surface area contributed by atoms with Gasteiger partial charge in [0.15, 0.2) is 5.71 Å². The van der Waals surface area contributed by atoms with Gasteiger partial charge in [0.25, 0.3) is 0 Å². The molecule has 2 atom stereocenters. The van der Waals surface area contributed by atoms with E-state index in [2.05, 4.69) is 5.10 Å². The second-order valence-corrected chi connectivity index (χ2v) is 7.19. The molecule has 4 nitrogen and oxygen atoms in total. The van der Waals surface area contributed by atoms with E-state index in [0.717, 1.165) is 4.88 Å². The number of hydrogen-bond donors (Lipinski definition) is 1. The number of halogens is 2. The van der Waals surface area contributed by atoms with Crippen LogP contribution in [0.15, 0.2) is 35.4 Å². The van der Waals surface area contributed by atoms with Gasteiger partial charge in [0.05, 0.1) is 16.8 Å². The second kappa shape index (κ2) is 6.19. The molecule has 2 radical (unpaired) electrons. The lowest BCUT2D eigenvalue weighted by atomic mass is 9.96. The highest BCUT2D eigenvalue weighted by Gasteiger charge is 2.40. The topological polar surface area (TPSA) is 52.9 Å². The van der Waals surface area contributed by atoms with E-state index in [-0.39, 0.29) is 17.7 Å². The summed E-state index contributed by atoms with van der Waals surface area (Å²) in [7, 11) is 5.82. The smallest absolute Gasteiger partial charge is 0.352 e. The van der Waals surface area contributed by atoms with Crippen LogP contribution < -0.4 is 9.79 Å². The number of thiophene rings is 1. The van der Waals surface area contributed by atoms with Crippen molar-refractivity contribution >= 4 is 64.5 Å². The van der Waals surface area contributed by atoms with Gasteiger partial charge in [0, 0.05) is 15.8 Å². The van der Waals surface area contributed by atoms with E-state index in [4.69, 9.17) is 31.0 Å². The summed E-state index contributed by atoms with van der Waals surface area (Å²) in [6, 6.07) is 8.45. The molecule has 0 amide bonds. The van der Waals surface area contributed by atoms with Crippen molar-refractivity contribution < 1.29 is 9.90 Å². The maximum atomic E-state index is 11.5. The zero-order valence-electron chi connectivity index (χ0n) is 12.0. The molecule has 8 heteroatoms. The summed E-state index contributed by atoms with van der Waals surface area (Å²) >= 11 is 13.6. The van der Waals surface area contributed by atoms with Crippen molar-refractivity contribution in [1.29, 1.82) is 0 Å². The molecule has 2 aromatic rings. The fraction of sp³-hybridized carbons (Fsp3) is 0.200. The van der Waals surface area contributed by atoms with Gasteiger partial charge < -0.3 is 5.11 Å². The molecule has 0 aliphatic carbocycles. The van der Waals surface area contributed by atoms with Gasteiger partial charge in [-0.05, 0) is 29.0 Å². The predicted molar refractivity (Wildman–Crippen MR) is 95.6 cm³/mol. The van der Waals surface area contributed by atoms with Crippen molar-refractivity contribution in [3.63, 3.8) is 0 Å². The van der Waals surface area contributed by atoms with Gasteiger partial charge in [0.2, 0.25) is 0 Å². The normalized spacial score (nSPS) is 20.7. The molecule has 1 aliphatic rings. The van der Waals surface area contributed by atoms with E-state index in [1.807, 2.05) is 13.0 Å². The van der Waals surface area contributed by atoms with Crippen LogP contribution in [-0.4, -0.2) is 24.6 Å². The van der Waals surface area contributed by atoms with Gasteiger partial charge in [-0.1, -0.05) is 36.2 Å². The summed E-state index contributed by atoms with van der Waals surface area (Å²) in [5, 5.41) is 16.2. The quantitative estimate of drug-likeness (QED) is 0.848. The van der Waals surface area contributed by atoms with Gasteiger partial charge >= 0.3 is 5.97 Å². The third kappa shape index (κ3) is 2.98. The minimum Gasteiger partial charge on any atom is -0.477 e. The summed E-state index contributed by atoms with van der Waals surface area (Å²) in [5.41, 5.74) is 0.698. The molecule has 0 bridgehead atoms. The molecule has 1 N–H and O–H groups in total. The van der Waals surface area contributed by atoms with Crippen LogP contribution in [0.3, 0.4) is 0 Å². The van der Waals surface area contributed by atoms with Crippen molar-refractivity contribution in [3.8, 4) is 0 Å². The number of aliphatic carboxylic acids is 1. The minimum absolute atomic E-state index is 0.0907. The van der Waals surface area contributed by atoms with Crippen molar-refractivity contribution in [1.82, 2.24) is 0 Å². The van der Waals surface area contributed by atoms with Gasteiger partial charge in [0.1, 0.15) is 7.85 Å². The van der Waals surface area contributed by atoms with Crippen LogP contribution in [0.1, 0.15) is 17.8 Å². The van der Waals surface area contributed by atoms with Gasteiger partial charge in [-0.15, -0.1) is 0 Å². The SMILES string of the molecule is [B]c1ccc([C@H]2[C@@H](C)C(C(=O)O)=NN2c2ccc(Cl)cc2Cl)s1. The molecule has 1 aromatic carbocycles. The third-order valence-electron chi connectivity index (χ3n) is 3.70. The van der Waals surface area contributed by atoms with E-state index in [1.54, 1.807) is 29.3 Å². The number of anilines is 1. The predicted octanol–water partition coefficient (Wildman–Crippen LogP) is 3.49. The monoisotopic (exact) mass is 364 g/mol. The number of nitrogens with zero attached hydrogens (tertiary/aromatic N) is 2. The molecule has 0 saturated carbocycles. The molecule has 23 heavy (non-hydrogen) atoms. The zero-order chi connectivity index (χ0) is 16.7. The Labute approximate surface area is 148 Å². The Kier molecular flexibility index (Phi) is 4.40. The molecular weight excluding hydrogens is 354 g/mol. The molecule has 0 fully saturated rings. The van der Waals surface area contributed by atoms with E-state index in [1.165, 1.54) is 11.3 Å². The number of hydrazone groups is 1. The highest BCUT2D eigenvalue weighted by Crippen LogP contribution is 2.43. The number of carbonyl (C=O) groups is 1. The zero-order valence-corrected chi connectivity index (χ0v) is 14.4. The number of carboxylic acid groups (broad SMARTS) is 1. The highest BCUT2D eigenvalue weighted by atomic mass is 35.5. The largest absolute Gasteiger partial charge is 0.477 e. The second-order valence-electron chi connectivity index (χ2n) is 5.20. The summed E-state index contributed by atoms with van der Waals surface area (Å²) in [6.07, 6.45) is 0. The van der Waals surface area contributed by atoms with E-state index >= 15 is 0 Å². The molecule has 116 valence electrons. The van der Waals surface area contributed by atoms with Gasteiger partial charge in [-0.2, -0.15) is 16.4 Å². The lowest BCUT2D eigenvalue weighted by Gasteiger charge is -2.26. The summed E-state index contributed by atoms with van der Waals surface area (Å²) in [6.45, 7) is 1.83. The Hall–Kier alpha value is -1.50. The third-order valence-corrected chi connectivity index (χ3v) is 5.22. The van der Waals surface area contributed by atoms with E-state index in [9.17, 15) is 9.90 Å². The van der Waals surface area contributed by atoms with Crippen LogP contribution in [-0.2, 0) is 4.79 Å². The first-order valence-electron chi connectivity index (χ1n) is 6.79. The maximum absolute atomic E-state index is 11.5. The van der Waals surface area contributed by atoms with Crippen molar-refractivity contribution in [2.45, 2.75) is 13.0 Å². The Balaban J connectivity index is 2.11. The molecule has 3 rings (SSSR count). The average molecular weight is 365 g/mol. The lowest BCUT2D eigenvalue weighted by molar-refractivity contribution is -0.129. The van der Waals surface area contributed by atoms with E-state index in [0.29, 0.717) is 20.5 Å². The molecule has 1 aromatic heterocycles. The fourth-order valence-electron chi connectivity index (χ4n) is 2.63. The first-order chi connectivity index (χ1) is 10.9. The molecular formula is C15H11BCl2N2O2S. The molecule has 0 saturated heterocycles. The van der Waals surface area contributed by atoms with Crippen LogP contribution in [0.5, 0.6) is 0 Å². The number of carboxylic acids is 1. The van der Waals surface area contributed by atoms with Crippen molar-refractivity contribution in [2.75, 3.05) is 5.01 Å². The Morgan fingerprint density at radius 3 is 2.65 bits per heavy atom. The number of rotatable bonds is 3. The Bertz CT molecular complexity index is 809. The fourth-order valence-corrected chi connectivity index (χ4v) is 4.10. The van der Waals surface area contributed by atoms with Crippen molar-refractivity contribution in [2.24, 2.45) is 11.0 Å². The van der Waals surface area contributed by atoms with Crippen LogP contribution in [0.2, 0.25) is 10.0 Å². The number of benzene rings is 1. The lowest BCUT2D eigenvalue weighted by Crippen LogP contribution is -2.25.